The number of aliphatic imine (C=N–C) groups is 1. The van der Waals surface area contributed by atoms with Crippen LogP contribution in [0.25, 0.3) is 0 Å². The summed E-state index contributed by atoms with van der Waals surface area (Å²) in [5, 5.41) is 8.88. The van der Waals surface area contributed by atoms with Crippen LogP contribution < -0.4 is 10.6 Å². The van der Waals surface area contributed by atoms with Crippen LogP contribution in [-0.4, -0.2) is 48.2 Å². The first-order valence-electron chi connectivity index (χ1n) is 10.2. The average molecular weight is 429 g/mol. The van der Waals surface area contributed by atoms with Crippen molar-refractivity contribution in [3.8, 4) is 0 Å². The van der Waals surface area contributed by atoms with Crippen molar-refractivity contribution in [2.24, 2.45) is 4.99 Å². The fourth-order valence-corrected chi connectivity index (χ4v) is 5.70. The van der Waals surface area contributed by atoms with Crippen LogP contribution in [0.15, 0.2) is 51.7 Å². The predicted octanol–water partition coefficient (Wildman–Crippen LogP) is 3.51. The predicted molar refractivity (Wildman–Crippen MR) is 122 cm³/mol. The third-order valence-electron chi connectivity index (χ3n) is 5.48. The lowest BCUT2D eigenvalue weighted by Gasteiger charge is -2.27. The Morgan fingerprint density at radius 1 is 1.24 bits per heavy atom. The summed E-state index contributed by atoms with van der Waals surface area (Å²) in [6.45, 7) is 3.07. The van der Waals surface area contributed by atoms with E-state index >= 15 is 0 Å². The van der Waals surface area contributed by atoms with E-state index in [0.717, 1.165) is 32.0 Å². The Kier molecular flexibility index (Phi) is 6.45. The molecule has 1 aromatic heterocycles. The van der Waals surface area contributed by atoms with Gasteiger partial charge >= 0.3 is 0 Å². The molecule has 2 heterocycles. The van der Waals surface area contributed by atoms with Crippen molar-refractivity contribution >= 4 is 35.0 Å². The zero-order valence-corrected chi connectivity index (χ0v) is 18.5. The number of nitrogens with zero attached hydrogens (tertiary/aromatic N) is 2. The van der Waals surface area contributed by atoms with Crippen molar-refractivity contribution in [3.63, 3.8) is 0 Å². The van der Waals surface area contributed by atoms with Crippen molar-refractivity contribution in [1.29, 1.82) is 0 Å². The first-order chi connectivity index (χ1) is 14.2. The summed E-state index contributed by atoms with van der Waals surface area (Å²) >= 11 is 3.75. The first-order valence-corrected chi connectivity index (χ1v) is 11.9. The molecule has 1 fully saturated rings. The molecule has 0 saturated heterocycles. The molecule has 4 rings (SSSR count). The smallest absolute Gasteiger partial charge is 0.224 e. The highest BCUT2D eigenvalue weighted by Crippen LogP contribution is 2.51. The van der Waals surface area contributed by atoms with Crippen molar-refractivity contribution in [2.45, 2.75) is 41.9 Å². The number of rotatable bonds is 7. The highest BCUT2D eigenvalue weighted by molar-refractivity contribution is 8.01. The number of amides is 1. The summed E-state index contributed by atoms with van der Waals surface area (Å²) < 4.78 is 0.265. The van der Waals surface area contributed by atoms with Crippen molar-refractivity contribution in [3.05, 3.63) is 52.2 Å². The maximum absolute atomic E-state index is 12.6. The minimum absolute atomic E-state index is 0.211. The number of guanidine groups is 1. The number of thioether (sulfide) groups is 1. The molecule has 2 aliphatic rings. The topological polar surface area (TPSA) is 56.7 Å². The summed E-state index contributed by atoms with van der Waals surface area (Å²) in [6, 6.07) is 12.7. The average Bonchev–Trinajstić information content (AvgIpc) is 3.34. The molecule has 1 saturated carbocycles. The van der Waals surface area contributed by atoms with Gasteiger partial charge in [0.05, 0.1) is 0 Å². The molecule has 154 valence electrons. The van der Waals surface area contributed by atoms with E-state index in [9.17, 15) is 4.79 Å². The van der Waals surface area contributed by atoms with Gasteiger partial charge in [-0.05, 0) is 48.4 Å². The minimum Gasteiger partial charge on any atom is -0.356 e. The number of benzene rings is 1. The van der Waals surface area contributed by atoms with Crippen LogP contribution >= 0.6 is 23.1 Å². The van der Waals surface area contributed by atoms with E-state index < -0.39 is 0 Å². The second-order valence-corrected chi connectivity index (χ2v) is 10.2. The van der Waals surface area contributed by atoms with Gasteiger partial charge in [-0.2, -0.15) is 0 Å². The van der Waals surface area contributed by atoms with Crippen LogP contribution in [0.4, 0.5) is 0 Å². The molecular weight excluding hydrogens is 400 g/mol. The molecule has 0 bridgehead atoms. The van der Waals surface area contributed by atoms with E-state index in [1.807, 2.05) is 16.7 Å². The second kappa shape index (κ2) is 9.22. The lowest BCUT2D eigenvalue weighted by molar-refractivity contribution is -0.131. The van der Waals surface area contributed by atoms with E-state index in [2.05, 4.69) is 57.4 Å². The largest absolute Gasteiger partial charge is 0.356 e. The Hall–Kier alpha value is -1.99. The van der Waals surface area contributed by atoms with Gasteiger partial charge in [-0.15, -0.1) is 23.1 Å². The summed E-state index contributed by atoms with van der Waals surface area (Å²) in [5.41, 5.74) is 1.31. The fraction of sp³-hybridized carbons (Fsp3) is 0.455. The SMILES string of the molecule is CN=C(NCCC(=O)N1CCc2sccc2C1)NCC1(Sc2ccccc2)CC1. The van der Waals surface area contributed by atoms with Gasteiger partial charge < -0.3 is 15.5 Å². The summed E-state index contributed by atoms with van der Waals surface area (Å²) in [5.74, 6) is 0.986. The number of hydrogen-bond acceptors (Lipinski definition) is 4. The molecule has 7 heteroatoms. The molecule has 1 aliphatic carbocycles. The zero-order chi connectivity index (χ0) is 20.1. The molecular formula is C22H28N4OS2. The van der Waals surface area contributed by atoms with Crippen molar-refractivity contribution < 1.29 is 4.79 Å². The van der Waals surface area contributed by atoms with Gasteiger partial charge in [0, 0.05) is 54.2 Å². The molecule has 1 aliphatic heterocycles. The molecule has 1 aromatic carbocycles. The molecule has 29 heavy (non-hydrogen) atoms. The van der Waals surface area contributed by atoms with Gasteiger partial charge in [0.2, 0.25) is 5.91 Å². The molecule has 0 radical (unpaired) electrons. The third kappa shape index (κ3) is 5.34. The quantitative estimate of drug-likeness (QED) is 0.523. The number of carbonyl (C=O) groups excluding carboxylic acids is 1. The van der Waals surface area contributed by atoms with Gasteiger partial charge in [0.1, 0.15) is 0 Å². The number of thiophene rings is 1. The molecule has 1 amide bonds. The van der Waals surface area contributed by atoms with Crippen LogP contribution in [0.2, 0.25) is 0 Å². The number of fused-ring (bicyclic) bond motifs is 1. The van der Waals surface area contributed by atoms with Crippen LogP contribution in [0.3, 0.4) is 0 Å². The van der Waals surface area contributed by atoms with Crippen molar-refractivity contribution in [1.82, 2.24) is 15.5 Å². The van der Waals surface area contributed by atoms with Gasteiger partial charge in [-0.25, -0.2) is 0 Å². The first kappa shape index (κ1) is 20.3. The normalized spacial score (nSPS) is 17.6. The fourth-order valence-electron chi connectivity index (χ4n) is 3.57. The minimum atomic E-state index is 0.211. The number of hydrogen-bond donors (Lipinski definition) is 2. The molecule has 2 N–H and O–H groups in total. The van der Waals surface area contributed by atoms with E-state index in [1.165, 1.54) is 28.2 Å². The Morgan fingerprint density at radius 3 is 2.83 bits per heavy atom. The number of nitrogens with one attached hydrogen (secondary N) is 2. The Morgan fingerprint density at radius 2 is 2.07 bits per heavy atom. The summed E-state index contributed by atoms with van der Waals surface area (Å²) in [6.07, 6.45) is 3.91. The Labute approximate surface area is 181 Å². The molecule has 0 unspecified atom stereocenters. The monoisotopic (exact) mass is 428 g/mol. The van der Waals surface area contributed by atoms with Gasteiger partial charge in [-0.3, -0.25) is 9.79 Å². The zero-order valence-electron chi connectivity index (χ0n) is 16.8. The lowest BCUT2D eigenvalue weighted by atomic mass is 10.1. The maximum atomic E-state index is 12.6. The van der Waals surface area contributed by atoms with Crippen LogP contribution in [0.1, 0.15) is 29.7 Å². The molecule has 5 nitrogen and oxygen atoms in total. The van der Waals surface area contributed by atoms with E-state index in [-0.39, 0.29) is 10.7 Å². The summed E-state index contributed by atoms with van der Waals surface area (Å²) in [4.78, 5) is 21.6. The Bertz CT molecular complexity index is 861. The van der Waals surface area contributed by atoms with Crippen LogP contribution in [0, 0.1) is 0 Å². The van der Waals surface area contributed by atoms with Gasteiger partial charge in [0.25, 0.3) is 0 Å². The number of carbonyl (C=O) groups is 1. The highest BCUT2D eigenvalue weighted by Gasteiger charge is 2.43. The van der Waals surface area contributed by atoms with E-state index in [4.69, 9.17) is 0 Å². The maximum Gasteiger partial charge on any atom is 0.224 e. The van der Waals surface area contributed by atoms with Crippen LogP contribution in [-0.2, 0) is 17.8 Å². The van der Waals surface area contributed by atoms with Gasteiger partial charge in [0.15, 0.2) is 5.96 Å². The van der Waals surface area contributed by atoms with E-state index in [0.29, 0.717) is 13.0 Å². The van der Waals surface area contributed by atoms with Crippen molar-refractivity contribution in [2.75, 3.05) is 26.7 Å². The standard InChI is InChI=1S/C22H28N4OS2/c1-23-21(25-16-22(10-11-22)29-18-5-3-2-4-6-18)24-12-7-20(27)26-13-8-19-17(15-26)9-14-28-19/h2-6,9,14H,7-8,10-13,15-16H2,1H3,(H2,23,24,25). The summed E-state index contributed by atoms with van der Waals surface area (Å²) in [7, 11) is 1.78. The molecule has 0 atom stereocenters. The van der Waals surface area contributed by atoms with E-state index in [1.54, 1.807) is 18.4 Å². The third-order valence-corrected chi connectivity index (χ3v) is 7.99. The van der Waals surface area contributed by atoms with Gasteiger partial charge in [-0.1, -0.05) is 18.2 Å². The lowest BCUT2D eigenvalue weighted by Crippen LogP contribution is -2.43. The molecule has 0 spiro atoms. The Balaban J connectivity index is 1.19. The second-order valence-electron chi connectivity index (χ2n) is 7.63. The molecule has 2 aromatic rings. The highest BCUT2D eigenvalue weighted by atomic mass is 32.2. The van der Waals surface area contributed by atoms with Crippen LogP contribution in [0.5, 0.6) is 0 Å².